The maximum Gasteiger partial charge on any atom is 0.317 e. The van der Waals surface area contributed by atoms with Crippen LogP contribution in [0.2, 0.25) is 0 Å². The number of nitrogens with zero attached hydrogens (tertiary/aromatic N) is 1. The molecule has 106 valence electrons. The quantitative estimate of drug-likeness (QED) is 0.793. The minimum Gasteiger partial charge on any atom is -0.396 e. The molecular weight excluding hydrogens is 228 g/mol. The second kappa shape index (κ2) is 7.62. The fraction of sp³-hybridized carbons (Fsp3) is 0.929. The summed E-state index contributed by atoms with van der Waals surface area (Å²) in [4.78, 5) is 14.0. The molecule has 0 heterocycles. The summed E-state index contributed by atoms with van der Waals surface area (Å²) in [7, 11) is 1.90. The third-order valence-electron chi connectivity index (χ3n) is 4.05. The molecular formula is C14H28N2O2. The highest BCUT2D eigenvalue weighted by Crippen LogP contribution is 2.27. The number of amides is 2. The lowest BCUT2D eigenvalue weighted by molar-refractivity contribution is 0.142. The lowest BCUT2D eigenvalue weighted by Crippen LogP contribution is -2.49. The van der Waals surface area contributed by atoms with Crippen LogP contribution in [-0.2, 0) is 0 Å². The fourth-order valence-corrected chi connectivity index (χ4v) is 2.80. The average Bonchev–Trinajstić information content (AvgIpc) is 2.36. The molecule has 0 bridgehead atoms. The summed E-state index contributed by atoms with van der Waals surface area (Å²) >= 11 is 0. The molecule has 2 N–H and O–H groups in total. The Labute approximate surface area is 111 Å². The van der Waals surface area contributed by atoms with Gasteiger partial charge in [0.25, 0.3) is 0 Å². The Morgan fingerprint density at radius 1 is 1.44 bits per heavy atom. The molecule has 1 fully saturated rings. The number of carbonyl (C=O) groups is 1. The number of nitrogens with one attached hydrogen (secondary N) is 1. The van der Waals surface area contributed by atoms with Crippen molar-refractivity contribution in [3.63, 3.8) is 0 Å². The number of aliphatic hydroxyl groups is 1. The van der Waals surface area contributed by atoms with E-state index >= 15 is 0 Å². The highest BCUT2D eigenvalue weighted by Gasteiger charge is 2.28. The van der Waals surface area contributed by atoms with Gasteiger partial charge in [-0.2, -0.15) is 0 Å². The van der Waals surface area contributed by atoms with E-state index in [1.54, 1.807) is 0 Å². The molecule has 2 amide bonds. The van der Waals surface area contributed by atoms with E-state index in [1.807, 2.05) is 18.9 Å². The van der Waals surface area contributed by atoms with E-state index in [0.29, 0.717) is 12.0 Å². The Balaban J connectivity index is 2.39. The maximum absolute atomic E-state index is 12.1. The molecule has 0 aromatic rings. The van der Waals surface area contributed by atoms with Crippen LogP contribution in [0.5, 0.6) is 0 Å². The van der Waals surface area contributed by atoms with Gasteiger partial charge in [0.15, 0.2) is 0 Å². The number of rotatable bonds is 5. The monoisotopic (exact) mass is 256 g/mol. The molecule has 1 aliphatic rings. The Morgan fingerprint density at radius 3 is 2.72 bits per heavy atom. The van der Waals surface area contributed by atoms with Gasteiger partial charge >= 0.3 is 6.03 Å². The molecule has 18 heavy (non-hydrogen) atoms. The summed E-state index contributed by atoms with van der Waals surface area (Å²) in [6.45, 7) is 4.42. The predicted molar refractivity (Wildman–Crippen MR) is 73.5 cm³/mol. The molecule has 0 radical (unpaired) electrons. The lowest BCUT2D eigenvalue weighted by atomic mass is 9.85. The summed E-state index contributed by atoms with van der Waals surface area (Å²) in [6.07, 6.45) is 6.44. The first-order valence-corrected chi connectivity index (χ1v) is 7.20. The third kappa shape index (κ3) is 4.48. The number of hydrogen-bond donors (Lipinski definition) is 2. The van der Waals surface area contributed by atoms with Gasteiger partial charge in [-0.1, -0.05) is 19.8 Å². The van der Waals surface area contributed by atoms with E-state index in [9.17, 15) is 4.79 Å². The zero-order valence-corrected chi connectivity index (χ0v) is 12.0. The van der Waals surface area contributed by atoms with Gasteiger partial charge in [-0.15, -0.1) is 0 Å². The van der Waals surface area contributed by atoms with E-state index in [4.69, 9.17) is 5.11 Å². The largest absolute Gasteiger partial charge is 0.396 e. The van der Waals surface area contributed by atoms with Crippen molar-refractivity contribution in [1.82, 2.24) is 10.2 Å². The van der Waals surface area contributed by atoms with E-state index < -0.39 is 0 Å². The molecule has 4 heteroatoms. The first kappa shape index (κ1) is 15.3. The van der Waals surface area contributed by atoms with Crippen LogP contribution in [-0.4, -0.2) is 41.8 Å². The molecule has 3 unspecified atom stereocenters. The highest BCUT2D eigenvalue weighted by atomic mass is 16.3. The molecule has 0 aromatic carbocycles. The SMILES string of the molecule is CC(CCCO)NC(=O)N(C)C1CCCCC1C. The van der Waals surface area contributed by atoms with Crippen molar-refractivity contribution < 1.29 is 9.90 Å². The third-order valence-corrected chi connectivity index (χ3v) is 4.05. The van der Waals surface area contributed by atoms with Gasteiger partial charge < -0.3 is 15.3 Å². The van der Waals surface area contributed by atoms with Crippen molar-refractivity contribution >= 4 is 6.03 Å². The number of carbonyl (C=O) groups excluding carboxylic acids is 1. The van der Waals surface area contributed by atoms with Gasteiger partial charge in [0.2, 0.25) is 0 Å². The van der Waals surface area contributed by atoms with Gasteiger partial charge in [0.05, 0.1) is 0 Å². The van der Waals surface area contributed by atoms with Crippen LogP contribution >= 0.6 is 0 Å². The summed E-state index contributed by atoms with van der Waals surface area (Å²) < 4.78 is 0. The standard InChI is InChI=1S/C14H28N2O2/c1-11-7-4-5-9-13(11)16(3)14(18)15-12(2)8-6-10-17/h11-13,17H,4-10H2,1-3H3,(H,15,18). The van der Waals surface area contributed by atoms with Crippen LogP contribution in [0.3, 0.4) is 0 Å². The van der Waals surface area contributed by atoms with Gasteiger partial charge in [0, 0.05) is 25.7 Å². The molecule has 1 aliphatic carbocycles. The van der Waals surface area contributed by atoms with Crippen molar-refractivity contribution in [2.24, 2.45) is 5.92 Å². The summed E-state index contributed by atoms with van der Waals surface area (Å²) in [5.41, 5.74) is 0. The van der Waals surface area contributed by atoms with Crippen LogP contribution in [0.25, 0.3) is 0 Å². The molecule has 4 nitrogen and oxygen atoms in total. The topological polar surface area (TPSA) is 52.6 Å². The summed E-state index contributed by atoms with van der Waals surface area (Å²) in [5.74, 6) is 0.599. The first-order chi connectivity index (χ1) is 8.56. The van der Waals surface area contributed by atoms with Crippen LogP contribution in [0.1, 0.15) is 52.4 Å². The van der Waals surface area contributed by atoms with Crippen molar-refractivity contribution in [2.45, 2.75) is 64.5 Å². The second-order valence-electron chi connectivity index (χ2n) is 5.66. The van der Waals surface area contributed by atoms with Crippen LogP contribution in [0, 0.1) is 5.92 Å². The minimum absolute atomic E-state index is 0.0270. The van der Waals surface area contributed by atoms with Crippen LogP contribution in [0.4, 0.5) is 4.79 Å². The summed E-state index contributed by atoms with van der Waals surface area (Å²) in [5, 5.41) is 11.8. The molecule has 1 rings (SSSR count). The van der Waals surface area contributed by atoms with Gasteiger partial charge in [-0.3, -0.25) is 0 Å². The van der Waals surface area contributed by atoms with Crippen LogP contribution in [0.15, 0.2) is 0 Å². The molecule has 3 atom stereocenters. The van der Waals surface area contributed by atoms with Crippen molar-refractivity contribution in [3.05, 3.63) is 0 Å². The van der Waals surface area contributed by atoms with E-state index in [1.165, 1.54) is 19.3 Å². The van der Waals surface area contributed by atoms with Gasteiger partial charge in [-0.05, 0) is 38.5 Å². The molecule has 0 saturated heterocycles. The second-order valence-corrected chi connectivity index (χ2v) is 5.66. The summed E-state index contributed by atoms with van der Waals surface area (Å²) in [6, 6.07) is 0.536. The predicted octanol–water partition coefficient (Wildman–Crippen LogP) is 2.37. The molecule has 0 spiro atoms. The highest BCUT2D eigenvalue weighted by molar-refractivity contribution is 5.74. The lowest BCUT2D eigenvalue weighted by Gasteiger charge is -2.36. The average molecular weight is 256 g/mol. The number of hydrogen-bond acceptors (Lipinski definition) is 2. The Bertz CT molecular complexity index is 258. The van der Waals surface area contributed by atoms with E-state index in [0.717, 1.165) is 19.3 Å². The van der Waals surface area contributed by atoms with E-state index in [2.05, 4.69) is 12.2 Å². The van der Waals surface area contributed by atoms with Crippen molar-refractivity contribution in [2.75, 3.05) is 13.7 Å². The molecule has 0 aliphatic heterocycles. The Kier molecular flexibility index (Phi) is 6.47. The number of urea groups is 1. The molecule has 1 saturated carbocycles. The fourth-order valence-electron chi connectivity index (χ4n) is 2.80. The van der Waals surface area contributed by atoms with E-state index in [-0.39, 0.29) is 18.7 Å². The van der Waals surface area contributed by atoms with Gasteiger partial charge in [-0.25, -0.2) is 4.79 Å². The molecule has 0 aromatic heterocycles. The zero-order chi connectivity index (χ0) is 13.5. The Morgan fingerprint density at radius 2 is 2.11 bits per heavy atom. The zero-order valence-electron chi connectivity index (χ0n) is 12.0. The van der Waals surface area contributed by atoms with Gasteiger partial charge in [0.1, 0.15) is 0 Å². The van der Waals surface area contributed by atoms with Crippen molar-refractivity contribution in [3.8, 4) is 0 Å². The minimum atomic E-state index is 0.0270. The van der Waals surface area contributed by atoms with Crippen LogP contribution < -0.4 is 5.32 Å². The smallest absolute Gasteiger partial charge is 0.317 e. The van der Waals surface area contributed by atoms with Crippen molar-refractivity contribution in [1.29, 1.82) is 0 Å². The maximum atomic E-state index is 12.1. The number of aliphatic hydroxyl groups excluding tert-OH is 1. The Hall–Kier alpha value is -0.770. The first-order valence-electron chi connectivity index (χ1n) is 7.20. The normalized spacial score (nSPS) is 25.6.